The molecule has 4 unspecified atom stereocenters. The molecule has 0 aromatic heterocycles. The zero-order valence-corrected chi connectivity index (χ0v) is 18.1. The largest absolute Gasteiger partial charge is 0.504 e. The number of nitrogens with zero attached hydrogens (tertiary/aromatic N) is 2. The van der Waals surface area contributed by atoms with Crippen LogP contribution in [0, 0.1) is 22.0 Å². The first-order chi connectivity index (χ1) is 16.5. The molecule has 2 aromatic rings. The molecule has 2 fully saturated rings. The lowest BCUT2D eigenvalue weighted by atomic mass is 9.77. The number of benzene rings is 2. The van der Waals surface area contributed by atoms with Crippen LogP contribution in [0.1, 0.15) is 18.0 Å². The van der Waals surface area contributed by atoms with E-state index < -0.39 is 70.0 Å². The van der Waals surface area contributed by atoms with Crippen molar-refractivity contribution < 1.29 is 44.2 Å². The normalized spacial score (nSPS) is 25.4. The number of para-hydroxylation sites is 1. The highest BCUT2D eigenvalue weighted by Crippen LogP contribution is 2.53. The van der Waals surface area contributed by atoms with Crippen molar-refractivity contribution >= 4 is 35.1 Å². The van der Waals surface area contributed by atoms with Gasteiger partial charge in [-0.15, -0.1) is 0 Å². The van der Waals surface area contributed by atoms with Gasteiger partial charge in [-0.1, -0.05) is 18.2 Å². The van der Waals surface area contributed by atoms with Crippen LogP contribution in [0.3, 0.4) is 0 Å². The van der Waals surface area contributed by atoms with Crippen LogP contribution in [0.25, 0.3) is 0 Å². The number of carbonyl (C=O) groups is 4. The first-order valence-corrected chi connectivity index (χ1v) is 10.2. The number of aromatic hydroxyl groups is 1. The van der Waals surface area contributed by atoms with Crippen LogP contribution in [0.4, 0.5) is 11.4 Å². The van der Waals surface area contributed by atoms with E-state index in [2.05, 4.69) is 5.32 Å². The van der Waals surface area contributed by atoms with Gasteiger partial charge in [0.15, 0.2) is 11.5 Å². The third-order valence-electron chi connectivity index (χ3n) is 6.35. The topological polar surface area (TPSA) is 197 Å². The van der Waals surface area contributed by atoms with Gasteiger partial charge in [-0.2, -0.15) is 0 Å². The maximum atomic E-state index is 13.6. The SMILES string of the molecule is COc1cccc(C2NC(CC(=O)O)(C(=O)O)C3C(=O)N(c4cccc([N+](=O)[O-])c4)C(=O)C23)c1O. The van der Waals surface area contributed by atoms with Crippen LogP contribution in [0.2, 0.25) is 0 Å². The second-order valence-electron chi connectivity index (χ2n) is 8.16. The van der Waals surface area contributed by atoms with E-state index in [1.165, 1.54) is 37.4 Å². The number of methoxy groups -OCH3 is 1. The second-order valence-corrected chi connectivity index (χ2v) is 8.16. The monoisotopic (exact) mass is 485 g/mol. The molecule has 0 spiro atoms. The number of rotatable bonds is 7. The Kier molecular flexibility index (Phi) is 5.64. The van der Waals surface area contributed by atoms with Gasteiger partial charge in [0.2, 0.25) is 11.8 Å². The molecule has 2 amide bonds. The van der Waals surface area contributed by atoms with E-state index in [1.54, 1.807) is 0 Å². The third-order valence-corrected chi connectivity index (χ3v) is 6.35. The molecule has 35 heavy (non-hydrogen) atoms. The number of nitro groups is 1. The molecule has 2 aliphatic heterocycles. The fourth-order valence-corrected chi connectivity index (χ4v) is 4.90. The van der Waals surface area contributed by atoms with E-state index in [1.807, 2.05) is 0 Å². The molecular formula is C22H19N3O10. The smallest absolute Gasteiger partial charge is 0.325 e. The first-order valence-electron chi connectivity index (χ1n) is 10.2. The van der Waals surface area contributed by atoms with Gasteiger partial charge < -0.3 is 20.1 Å². The van der Waals surface area contributed by atoms with Crippen LogP contribution in [-0.2, 0) is 19.2 Å². The Bertz CT molecular complexity index is 1280. The highest BCUT2D eigenvalue weighted by Gasteiger charge is 2.69. The number of hydrogen-bond donors (Lipinski definition) is 4. The zero-order chi connectivity index (χ0) is 25.7. The fourth-order valence-electron chi connectivity index (χ4n) is 4.90. The number of nitrogens with one attached hydrogen (secondary N) is 1. The molecule has 4 atom stereocenters. The number of ether oxygens (including phenoxy) is 1. The molecular weight excluding hydrogens is 466 g/mol. The molecule has 13 heteroatoms. The minimum atomic E-state index is -2.40. The van der Waals surface area contributed by atoms with Crippen LogP contribution >= 0.6 is 0 Å². The average molecular weight is 485 g/mol. The highest BCUT2D eigenvalue weighted by molar-refractivity contribution is 6.24. The van der Waals surface area contributed by atoms with Crippen molar-refractivity contribution in [1.82, 2.24) is 5.32 Å². The number of imide groups is 1. The van der Waals surface area contributed by atoms with Crippen molar-refractivity contribution in [3.63, 3.8) is 0 Å². The lowest BCUT2D eigenvalue weighted by molar-refractivity contribution is -0.384. The van der Waals surface area contributed by atoms with Crippen molar-refractivity contribution in [2.24, 2.45) is 11.8 Å². The summed E-state index contributed by atoms with van der Waals surface area (Å²) in [5.74, 6) is -8.66. The van der Waals surface area contributed by atoms with Crippen molar-refractivity contribution in [2.75, 3.05) is 12.0 Å². The highest BCUT2D eigenvalue weighted by atomic mass is 16.6. The number of carbonyl (C=O) groups excluding carboxylic acids is 2. The first kappa shape index (κ1) is 23.6. The summed E-state index contributed by atoms with van der Waals surface area (Å²) >= 11 is 0. The summed E-state index contributed by atoms with van der Waals surface area (Å²) in [5.41, 5.74) is -2.95. The summed E-state index contributed by atoms with van der Waals surface area (Å²) < 4.78 is 5.08. The number of phenols is 1. The van der Waals surface area contributed by atoms with E-state index in [0.717, 1.165) is 12.1 Å². The van der Waals surface area contributed by atoms with E-state index >= 15 is 0 Å². The number of amides is 2. The molecule has 2 aromatic carbocycles. The molecule has 0 radical (unpaired) electrons. The van der Waals surface area contributed by atoms with Crippen LogP contribution in [0.15, 0.2) is 42.5 Å². The van der Waals surface area contributed by atoms with Crippen LogP contribution < -0.4 is 15.0 Å². The van der Waals surface area contributed by atoms with Gasteiger partial charge in [0.25, 0.3) is 5.69 Å². The molecule has 0 bridgehead atoms. The van der Waals surface area contributed by atoms with Gasteiger partial charge in [0.05, 0.1) is 36.0 Å². The Morgan fingerprint density at radius 2 is 1.86 bits per heavy atom. The lowest BCUT2D eigenvalue weighted by Crippen LogP contribution is -2.57. The predicted molar refractivity (Wildman–Crippen MR) is 116 cm³/mol. The van der Waals surface area contributed by atoms with Crippen LogP contribution in [-0.4, -0.2) is 56.6 Å². The molecule has 0 aliphatic carbocycles. The number of non-ortho nitro benzene ring substituents is 1. The van der Waals surface area contributed by atoms with E-state index in [4.69, 9.17) is 4.74 Å². The van der Waals surface area contributed by atoms with Gasteiger partial charge in [0.1, 0.15) is 5.54 Å². The van der Waals surface area contributed by atoms with E-state index in [-0.39, 0.29) is 17.0 Å². The van der Waals surface area contributed by atoms with Crippen molar-refractivity contribution in [1.29, 1.82) is 0 Å². The molecule has 2 aliphatic rings. The summed E-state index contributed by atoms with van der Waals surface area (Å²) in [6.45, 7) is 0. The number of carboxylic acid groups (broad SMARTS) is 2. The summed E-state index contributed by atoms with van der Waals surface area (Å²) in [4.78, 5) is 62.3. The second kappa shape index (κ2) is 8.36. The number of aliphatic carboxylic acids is 2. The van der Waals surface area contributed by atoms with Crippen molar-refractivity contribution in [3.05, 3.63) is 58.1 Å². The number of fused-ring (bicyclic) bond motifs is 1. The molecule has 182 valence electrons. The van der Waals surface area contributed by atoms with Crippen LogP contribution in [0.5, 0.6) is 11.5 Å². The van der Waals surface area contributed by atoms with E-state index in [9.17, 15) is 44.6 Å². The van der Waals surface area contributed by atoms with Gasteiger partial charge in [-0.3, -0.25) is 34.6 Å². The zero-order valence-electron chi connectivity index (χ0n) is 18.1. The molecule has 4 N–H and O–H groups in total. The number of hydrogen-bond acceptors (Lipinski definition) is 9. The Labute approximate surface area is 196 Å². The molecule has 2 heterocycles. The maximum Gasteiger partial charge on any atom is 0.325 e. The summed E-state index contributed by atoms with van der Waals surface area (Å²) in [5, 5.41) is 44.1. The Balaban J connectivity index is 1.91. The average Bonchev–Trinajstić information content (AvgIpc) is 3.27. The van der Waals surface area contributed by atoms with Gasteiger partial charge in [-0.05, 0) is 12.1 Å². The minimum Gasteiger partial charge on any atom is -0.504 e. The Hall–Kier alpha value is -4.52. The van der Waals surface area contributed by atoms with Gasteiger partial charge in [-0.25, -0.2) is 4.90 Å². The number of nitro benzene ring substituents is 1. The Morgan fingerprint density at radius 1 is 1.17 bits per heavy atom. The van der Waals surface area contributed by atoms with E-state index in [0.29, 0.717) is 4.90 Å². The molecule has 4 rings (SSSR count). The summed E-state index contributed by atoms with van der Waals surface area (Å²) in [6, 6.07) is 7.67. The van der Waals surface area contributed by atoms with Gasteiger partial charge in [0, 0.05) is 23.7 Å². The lowest BCUT2D eigenvalue weighted by Gasteiger charge is -2.29. The van der Waals surface area contributed by atoms with Crippen molar-refractivity contribution in [2.45, 2.75) is 18.0 Å². The van der Waals surface area contributed by atoms with Gasteiger partial charge >= 0.3 is 11.9 Å². The number of phenolic OH excluding ortho intramolecular Hbond substituents is 1. The molecule has 2 saturated heterocycles. The number of carboxylic acids is 2. The summed E-state index contributed by atoms with van der Waals surface area (Å²) in [6.07, 6.45) is -1.05. The number of anilines is 1. The fraction of sp³-hybridized carbons (Fsp3) is 0.273. The van der Waals surface area contributed by atoms with Crippen molar-refractivity contribution in [3.8, 4) is 11.5 Å². The maximum absolute atomic E-state index is 13.6. The predicted octanol–water partition coefficient (Wildman–Crippen LogP) is 1.06. The summed E-state index contributed by atoms with van der Waals surface area (Å²) in [7, 11) is 1.28. The minimum absolute atomic E-state index is 0.0132. The third kappa shape index (κ3) is 3.52. The quantitative estimate of drug-likeness (QED) is 0.248. The standard InChI is InChI=1S/C22H19N3O10/c1-35-13-7-3-6-12(18(13)28)17-15-16(22(23-17,21(31)32)9-14(26)27)20(30)24(19(15)29)10-4-2-5-11(8-10)25(33)34/h2-8,15-17,23,28H,9H2,1H3,(H,26,27)(H,31,32). The molecule has 13 nitrogen and oxygen atoms in total. The molecule has 0 saturated carbocycles. The Morgan fingerprint density at radius 3 is 2.46 bits per heavy atom.